The maximum Gasteiger partial charge on any atom is 0.364 e. The summed E-state index contributed by atoms with van der Waals surface area (Å²) in [5.41, 5.74) is -0.0916. The molecule has 0 saturated carbocycles. The van der Waals surface area contributed by atoms with Gasteiger partial charge in [-0.3, -0.25) is 14.5 Å². The van der Waals surface area contributed by atoms with Gasteiger partial charge in [0.25, 0.3) is 5.91 Å². The Labute approximate surface area is 106 Å². The van der Waals surface area contributed by atoms with Gasteiger partial charge in [-0.05, 0) is 12.1 Å². The fraction of sp³-hybridized carbons (Fsp3) is 0.300. The van der Waals surface area contributed by atoms with Crippen LogP contribution in [0.15, 0.2) is 16.9 Å². The van der Waals surface area contributed by atoms with E-state index in [9.17, 15) is 14.4 Å². The Hall–Kier alpha value is -2.71. The first-order chi connectivity index (χ1) is 9.06. The fourth-order valence-corrected chi connectivity index (χ4v) is 1.93. The normalized spacial score (nSPS) is 19.4. The first-order valence-corrected chi connectivity index (χ1v) is 5.57. The van der Waals surface area contributed by atoms with E-state index in [2.05, 4.69) is 20.6 Å². The molecule has 1 fully saturated rings. The third-order valence-corrected chi connectivity index (χ3v) is 2.98. The van der Waals surface area contributed by atoms with E-state index >= 15 is 0 Å². The smallest absolute Gasteiger partial charge is 0.357 e. The van der Waals surface area contributed by atoms with Crippen LogP contribution in [0.2, 0.25) is 0 Å². The number of nitrogens with zero attached hydrogens (tertiary/aromatic N) is 4. The summed E-state index contributed by atoms with van der Waals surface area (Å²) in [6, 6.07) is 2.52. The highest BCUT2D eigenvalue weighted by Gasteiger charge is 2.36. The van der Waals surface area contributed by atoms with Crippen molar-refractivity contribution in [2.45, 2.75) is 12.5 Å². The van der Waals surface area contributed by atoms with E-state index < -0.39 is 11.7 Å². The second-order valence-electron chi connectivity index (χ2n) is 4.21. The summed E-state index contributed by atoms with van der Waals surface area (Å²) in [5.74, 6) is -0.229. The molecule has 9 nitrogen and oxygen atoms in total. The molecule has 2 aromatic heterocycles. The minimum atomic E-state index is -0.648. The Balaban J connectivity index is 1.90. The molecule has 3 rings (SSSR count). The lowest BCUT2D eigenvalue weighted by molar-refractivity contribution is -0.136. The van der Waals surface area contributed by atoms with E-state index in [1.807, 2.05) is 0 Å². The Morgan fingerprint density at radius 3 is 2.84 bits per heavy atom. The molecule has 1 atom stereocenters. The Morgan fingerprint density at radius 1 is 1.37 bits per heavy atom. The summed E-state index contributed by atoms with van der Waals surface area (Å²) in [6.07, 6.45) is 0.0787. The van der Waals surface area contributed by atoms with Gasteiger partial charge in [-0.15, -0.1) is 5.10 Å². The van der Waals surface area contributed by atoms with E-state index in [1.165, 1.54) is 7.05 Å². The molecule has 0 spiro atoms. The third-order valence-electron chi connectivity index (χ3n) is 2.98. The van der Waals surface area contributed by atoms with Gasteiger partial charge in [0, 0.05) is 7.05 Å². The van der Waals surface area contributed by atoms with E-state index in [4.69, 9.17) is 0 Å². The van der Waals surface area contributed by atoms with E-state index in [0.29, 0.717) is 11.5 Å². The van der Waals surface area contributed by atoms with Gasteiger partial charge in [-0.2, -0.15) is 9.61 Å². The molecule has 3 heterocycles. The van der Waals surface area contributed by atoms with Crippen molar-refractivity contribution in [2.24, 2.45) is 0 Å². The quantitative estimate of drug-likeness (QED) is 0.643. The highest BCUT2D eigenvalue weighted by molar-refractivity contribution is 6.06. The van der Waals surface area contributed by atoms with Crippen molar-refractivity contribution in [1.29, 1.82) is 0 Å². The van der Waals surface area contributed by atoms with Crippen molar-refractivity contribution in [3.8, 4) is 0 Å². The number of aromatic nitrogens is 4. The van der Waals surface area contributed by atoms with Crippen molar-refractivity contribution in [1.82, 2.24) is 24.7 Å². The summed E-state index contributed by atoms with van der Waals surface area (Å²) in [6.45, 7) is 0. The standard InChI is InChI=1S/C10H10N6O3/c1-15-8(17)4-5(9(15)18)11-6-2-3-7-12-13-10(19)16(7)14-6/h2-3,5H,4H2,1H3,(H,11,14)(H,13,19). The number of carbonyl (C=O) groups excluding carboxylic acids is 2. The van der Waals surface area contributed by atoms with Crippen LogP contribution < -0.4 is 11.0 Å². The number of H-pyrrole nitrogens is 1. The average Bonchev–Trinajstić information content (AvgIpc) is 2.87. The molecule has 0 bridgehead atoms. The second-order valence-corrected chi connectivity index (χ2v) is 4.21. The van der Waals surface area contributed by atoms with Gasteiger partial charge >= 0.3 is 5.69 Å². The molecule has 1 saturated heterocycles. The molecule has 2 amide bonds. The molecule has 2 N–H and O–H groups in total. The maximum absolute atomic E-state index is 11.7. The fourth-order valence-electron chi connectivity index (χ4n) is 1.93. The van der Waals surface area contributed by atoms with Gasteiger partial charge in [-0.25, -0.2) is 9.89 Å². The van der Waals surface area contributed by atoms with Crippen LogP contribution in [0, 0.1) is 0 Å². The highest BCUT2D eigenvalue weighted by Crippen LogP contribution is 2.15. The largest absolute Gasteiger partial charge is 0.364 e. The van der Waals surface area contributed by atoms with Crippen molar-refractivity contribution in [2.75, 3.05) is 12.4 Å². The molecular weight excluding hydrogens is 252 g/mol. The zero-order chi connectivity index (χ0) is 13.6. The average molecular weight is 262 g/mol. The van der Waals surface area contributed by atoms with Crippen LogP contribution >= 0.6 is 0 Å². The van der Waals surface area contributed by atoms with Gasteiger partial charge in [0.15, 0.2) is 5.65 Å². The summed E-state index contributed by atoms with van der Waals surface area (Å²) in [7, 11) is 1.43. The number of likely N-dealkylation sites (tertiary alicyclic amines) is 1. The number of hydrogen-bond donors (Lipinski definition) is 2. The van der Waals surface area contributed by atoms with Gasteiger partial charge in [0.2, 0.25) is 5.91 Å². The molecule has 9 heteroatoms. The molecule has 0 radical (unpaired) electrons. The van der Waals surface area contributed by atoms with Crippen LogP contribution in [0.4, 0.5) is 5.82 Å². The predicted octanol–water partition coefficient (Wildman–Crippen LogP) is -1.41. The molecule has 0 aliphatic carbocycles. The number of anilines is 1. The van der Waals surface area contributed by atoms with Crippen LogP contribution in [0.5, 0.6) is 0 Å². The van der Waals surface area contributed by atoms with Crippen molar-refractivity contribution in [3.05, 3.63) is 22.6 Å². The first-order valence-electron chi connectivity index (χ1n) is 5.57. The van der Waals surface area contributed by atoms with Gasteiger partial charge < -0.3 is 5.32 Å². The second kappa shape index (κ2) is 3.90. The van der Waals surface area contributed by atoms with Crippen molar-refractivity contribution in [3.63, 3.8) is 0 Å². The maximum atomic E-state index is 11.7. The Morgan fingerprint density at radius 2 is 2.16 bits per heavy atom. The zero-order valence-corrected chi connectivity index (χ0v) is 9.95. The molecule has 98 valence electrons. The Bertz CT molecular complexity index is 732. The van der Waals surface area contributed by atoms with Crippen LogP contribution in [0.1, 0.15) is 6.42 Å². The number of hydrogen-bond acceptors (Lipinski definition) is 6. The summed E-state index contributed by atoms with van der Waals surface area (Å²) in [4.78, 5) is 35.5. The number of fused-ring (bicyclic) bond motifs is 1. The molecule has 19 heavy (non-hydrogen) atoms. The van der Waals surface area contributed by atoms with Crippen molar-refractivity contribution < 1.29 is 9.59 Å². The number of carbonyl (C=O) groups is 2. The number of nitrogens with one attached hydrogen (secondary N) is 2. The van der Waals surface area contributed by atoms with Crippen LogP contribution in [0.25, 0.3) is 5.65 Å². The lowest BCUT2D eigenvalue weighted by Gasteiger charge is -2.11. The topological polar surface area (TPSA) is 112 Å². The summed E-state index contributed by atoms with van der Waals surface area (Å²) in [5, 5.41) is 12.8. The minimum absolute atomic E-state index is 0.0787. The van der Waals surface area contributed by atoms with Crippen LogP contribution in [0.3, 0.4) is 0 Å². The van der Waals surface area contributed by atoms with Crippen LogP contribution in [-0.4, -0.2) is 49.6 Å². The van der Waals surface area contributed by atoms with Crippen molar-refractivity contribution >= 4 is 23.3 Å². The molecule has 1 aliphatic heterocycles. The zero-order valence-electron chi connectivity index (χ0n) is 9.95. The molecular formula is C10H10N6O3. The number of likely N-dealkylation sites (N-methyl/N-ethyl adjacent to an activating group) is 1. The lowest BCUT2D eigenvalue weighted by Crippen LogP contribution is -2.32. The number of aromatic amines is 1. The summed E-state index contributed by atoms with van der Waals surface area (Å²) >= 11 is 0. The monoisotopic (exact) mass is 262 g/mol. The van der Waals surface area contributed by atoms with Gasteiger partial charge in [0.05, 0.1) is 6.42 Å². The van der Waals surface area contributed by atoms with Gasteiger partial charge in [0.1, 0.15) is 11.9 Å². The number of rotatable bonds is 2. The van der Waals surface area contributed by atoms with E-state index in [1.54, 1.807) is 12.1 Å². The number of amides is 2. The third kappa shape index (κ3) is 1.75. The predicted molar refractivity (Wildman–Crippen MR) is 63.4 cm³/mol. The molecule has 1 aliphatic rings. The molecule has 2 aromatic rings. The summed E-state index contributed by atoms with van der Waals surface area (Å²) < 4.78 is 1.08. The molecule has 1 unspecified atom stereocenters. The Kier molecular flexibility index (Phi) is 2.34. The molecule has 0 aromatic carbocycles. The minimum Gasteiger partial charge on any atom is -0.357 e. The highest BCUT2D eigenvalue weighted by atomic mass is 16.2. The number of imide groups is 1. The SMILES string of the molecule is CN1C(=O)CC(Nc2ccc3n[nH]c(=O)n3n2)C1=O. The van der Waals surface area contributed by atoms with E-state index in [-0.39, 0.29) is 18.2 Å². The van der Waals surface area contributed by atoms with Gasteiger partial charge in [-0.1, -0.05) is 0 Å². The van der Waals surface area contributed by atoms with E-state index in [0.717, 1.165) is 9.42 Å². The van der Waals surface area contributed by atoms with Crippen LogP contribution in [-0.2, 0) is 9.59 Å². The lowest BCUT2D eigenvalue weighted by atomic mass is 10.2. The first kappa shape index (κ1) is 11.4.